The van der Waals surface area contributed by atoms with Gasteiger partial charge in [0, 0.05) is 198 Å². The first-order chi connectivity index (χ1) is 51.0. The number of aromatic nitrogens is 13. The first kappa shape index (κ1) is 72.0. The molecule has 1 fully saturated rings. The molecular formula is C77H78FN19O8. The monoisotopic (exact) mass is 1420 g/mol. The number of nitrogens with zero attached hydrogens (tertiary/aromatic N) is 17. The van der Waals surface area contributed by atoms with Crippen LogP contribution in [-0.2, 0) is 30.7 Å². The van der Waals surface area contributed by atoms with E-state index in [4.69, 9.17) is 33.9 Å². The Morgan fingerprint density at radius 3 is 1.38 bits per heavy atom. The van der Waals surface area contributed by atoms with Crippen LogP contribution in [0.25, 0.3) is 66.9 Å². The summed E-state index contributed by atoms with van der Waals surface area (Å²) in [5.74, 6) is 2.32. The van der Waals surface area contributed by atoms with E-state index in [-0.39, 0.29) is 30.5 Å². The van der Waals surface area contributed by atoms with Gasteiger partial charge in [-0.2, -0.15) is 15.3 Å². The quantitative estimate of drug-likeness (QED) is 0.0536. The number of anilines is 7. The largest absolute Gasteiger partial charge is 0.497 e. The number of aliphatic hydroxyl groups is 1. The first-order valence-electron chi connectivity index (χ1n) is 33.7. The summed E-state index contributed by atoms with van der Waals surface area (Å²) < 4.78 is 41.5. The predicted molar refractivity (Wildman–Crippen MR) is 400 cm³/mol. The van der Waals surface area contributed by atoms with Crippen molar-refractivity contribution in [2.75, 3.05) is 101 Å². The van der Waals surface area contributed by atoms with Crippen molar-refractivity contribution in [1.29, 1.82) is 0 Å². The highest BCUT2D eigenvalue weighted by Gasteiger charge is 2.23. The maximum Gasteiger partial charge on any atom is 0.251 e. The summed E-state index contributed by atoms with van der Waals surface area (Å²) >= 11 is 0. The van der Waals surface area contributed by atoms with E-state index in [9.17, 15) is 23.9 Å². The number of aryl methyl sites for hydroxylation is 3. The average Bonchev–Trinajstić information content (AvgIpc) is 1.45. The molecule has 0 unspecified atom stereocenters. The van der Waals surface area contributed by atoms with Crippen molar-refractivity contribution in [2.24, 2.45) is 21.1 Å². The Morgan fingerprint density at radius 2 is 0.962 bits per heavy atom. The fourth-order valence-electron chi connectivity index (χ4n) is 11.9. The van der Waals surface area contributed by atoms with Crippen molar-refractivity contribution in [2.45, 2.75) is 19.3 Å². The molecule has 0 aliphatic carbocycles. The van der Waals surface area contributed by atoms with Crippen molar-refractivity contribution in [3.8, 4) is 56.8 Å². The van der Waals surface area contributed by atoms with E-state index < -0.39 is 5.82 Å². The number of amides is 2. The van der Waals surface area contributed by atoms with E-state index in [0.29, 0.717) is 88.2 Å². The molecule has 3 N–H and O–H groups in total. The van der Waals surface area contributed by atoms with E-state index >= 15 is 0 Å². The Hall–Kier alpha value is -12.8. The fourth-order valence-corrected chi connectivity index (χ4v) is 11.9. The molecule has 0 saturated carbocycles. The van der Waals surface area contributed by atoms with Crippen molar-refractivity contribution in [3.63, 3.8) is 0 Å². The highest BCUT2D eigenvalue weighted by atomic mass is 19.1. The highest BCUT2D eigenvalue weighted by molar-refractivity contribution is 5.97. The minimum Gasteiger partial charge on any atom is -0.497 e. The number of methoxy groups -OCH3 is 4. The Balaban J connectivity index is 0.000000148. The zero-order chi connectivity index (χ0) is 73.5. The van der Waals surface area contributed by atoms with Gasteiger partial charge in [0.2, 0.25) is 5.91 Å². The number of halogens is 1. The number of carbonyl (C=O) groups excluding carboxylic acids is 3. The molecule has 105 heavy (non-hydrogen) atoms. The molecule has 0 bridgehead atoms. The first-order valence-corrected chi connectivity index (χ1v) is 33.7. The number of ether oxygens (including phenoxy) is 4. The second-order valence-electron chi connectivity index (χ2n) is 24.5. The lowest BCUT2D eigenvalue weighted by Crippen LogP contribution is -2.38. The van der Waals surface area contributed by atoms with Crippen molar-refractivity contribution in [1.82, 2.24) is 74.4 Å². The van der Waals surface area contributed by atoms with Gasteiger partial charge in [0.25, 0.3) is 5.91 Å². The minimum atomic E-state index is -0.519. The number of pyridine rings is 1. The predicted octanol–water partition coefficient (Wildman–Crippen LogP) is 11.1. The van der Waals surface area contributed by atoms with Crippen LogP contribution in [0.4, 0.5) is 44.3 Å². The van der Waals surface area contributed by atoms with Crippen LogP contribution >= 0.6 is 0 Å². The zero-order valence-corrected chi connectivity index (χ0v) is 59.3. The van der Waals surface area contributed by atoms with Gasteiger partial charge < -0.3 is 54.3 Å². The number of ketones is 1. The number of carbonyl (C=O) groups is 3. The van der Waals surface area contributed by atoms with Crippen molar-refractivity contribution >= 4 is 90.6 Å². The second-order valence-corrected chi connectivity index (χ2v) is 24.5. The van der Waals surface area contributed by atoms with E-state index in [1.54, 1.807) is 110 Å². The van der Waals surface area contributed by atoms with Crippen LogP contribution in [0.5, 0.6) is 23.0 Å². The number of nitrogens with one attached hydrogen (secondary N) is 2. The van der Waals surface area contributed by atoms with E-state index in [0.717, 1.165) is 99.4 Å². The molecule has 0 radical (unpaired) electrons. The molecule has 0 atom stereocenters. The van der Waals surface area contributed by atoms with Crippen molar-refractivity contribution < 1.29 is 42.8 Å². The summed E-state index contributed by atoms with van der Waals surface area (Å²) in [6, 6.07) is 38.3. The highest BCUT2D eigenvalue weighted by Crippen LogP contribution is 2.37. The topological polar surface area (TPSA) is 289 Å². The van der Waals surface area contributed by atoms with Crippen LogP contribution in [0.2, 0.25) is 0 Å². The summed E-state index contributed by atoms with van der Waals surface area (Å²) in [5.41, 5.74) is 14.1. The number of aliphatic hydroxyl groups excluding tert-OH is 1. The van der Waals surface area contributed by atoms with E-state index in [2.05, 4.69) is 67.8 Å². The Labute approximate surface area is 604 Å². The van der Waals surface area contributed by atoms with Crippen LogP contribution in [0, 0.1) is 5.82 Å². The maximum atomic E-state index is 14.3. The average molecular weight is 1420 g/mol. The van der Waals surface area contributed by atoms with Gasteiger partial charge in [-0.3, -0.25) is 43.4 Å². The lowest BCUT2D eigenvalue weighted by molar-refractivity contribution is -0.121. The third-order valence-electron chi connectivity index (χ3n) is 17.3. The SMILES string of the molecule is CNC(=O)c1cc(F)cc(N(CCCO)c2ccc3ncc(-c4cnn(C)c4)nc3c2)c1.COc1cc(OC)cc(N(CC(=O)Nc2ccccn2)c2ccc3ncc(-c4cnn(C)c4)nc3c2)c1.COc1cc(OC)cc(N(CCN2CCC(=O)CC2)c2ccc3ncc(-c4cnn(C)c4)nc3c2)c1. The molecule has 8 heterocycles. The van der Waals surface area contributed by atoms with Crippen LogP contribution in [0.1, 0.15) is 29.6 Å². The third-order valence-corrected chi connectivity index (χ3v) is 17.3. The Morgan fingerprint density at radius 1 is 0.514 bits per heavy atom. The molecular weight excluding hydrogens is 1340 g/mol. The number of hydrogen-bond acceptors (Lipinski definition) is 22. The minimum absolute atomic E-state index is 0.00806. The summed E-state index contributed by atoms with van der Waals surface area (Å²) in [6.07, 6.45) is 19.5. The number of Topliss-reactive ketones (excluding diaryl/α,β-unsaturated/α-hetero) is 1. The van der Waals surface area contributed by atoms with Gasteiger partial charge in [-0.15, -0.1) is 0 Å². The Kier molecular flexibility index (Phi) is 22.8. The van der Waals surface area contributed by atoms with Gasteiger partial charge in [0.1, 0.15) is 47.0 Å². The zero-order valence-electron chi connectivity index (χ0n) is 59.3. The van der Waals surface area contributed by atoms with Crippen LogP contribution in [0.15, 0.2) is 189 Å². The molecule has 14 rings (SSSR count). The van der Waals surface area contributed by atoms with Gasteiger partial charge in [0.15, 0.2) is 0 Å². The molecule has 2 amide bonds. The number of benzene rings is 6. The summed E-state index contributed by atoms with van der Waals surface area (Å²) in [4.78, 5) is 77.4. The number of piperidine rings is 1. The van der Waals surface area contributed by atoms with Gasteiger partial charge in [0.05, 0.1) is 116 Å². The van der Waals surface area contributed by atoms with E-state index in [1.807, 2.05) is 128 Å². The molecule has 536 valence electrons. The molecule has 1 saturated heterocycles. The van der Waals surface area contributed by atoms with Crippen molar-refractivity contribution in [3.05, 3.63) is 201 Å². The number of likely N-dealkylation sites (tertiary alicyclic amines) is 1. The molecule has 13 aromatic rings. The van der Waals surface area contributed by atoms with Gasteiger partial charge in [-0.1, -0.05) is 6.07 Å². The second kappa shape index (κ2) is 33.3. The molecule has 27 nitrogen and oxygen atoms in total. The normalized spacial score (nSPS) is 12.0. The van der Waals surface area contributed by atoms with Crippen LogP contribution in [0.3, 0.4) is 0 Å². The van der Waals surface area contributed by atoms with Crippen LogP contribution in [-0.4, -0.2) is 173 Å². The maximum absolute atomic E-state index is 14.3. The summed E-state index contributed by atoms with van der Waals surface area (Å²) in [5, 5.41) is 27.4. The molecule has 1 aliphatic heterocycles. The molecule has 7 aromatic heterocycles. The van der Waals surface area contributed by atoms with Gasteiger partial charge >= 0.3 is 0 Å². The third kappa shape index (κ3) is 17.9. The fraction of sp³-hybridized carbons (Fsp3) is 0.234. The number of hydrogen-bond donors (Lipinski definition) is 3. The molecule has 6 aromatic carbocycles. The van der Waals surface area contributed by atoms with Gasteiger partial charge in [-0.25, -0.2) is 24.3 Å². The number of rotatable bonds is 23. The molecule has 0 spiro atoms. The smallest absolute Gasteiger partial charge is 0.251 e. The summed E-state index contributed by atoms with van der Waals surface area (Å²) in [6.45, 7) is 3.56. The molecule has 28 heteroatoms. The number of fused-ring (bicyclic) bond motifs is 3. The van der Waals surface area contributed by atoms with E-state index in [1.165, 1.54) is 19.2 Å². The standard InChI is InChI=1S/C27H25N7O3.C27H30N6O3.C23H23FN6O2/c1-33-16-18(14-30-33)25-15-29-23-8-7-19(12-24(23)31-25)34(17-27(35)32-26-6-4-5-9-28-26)20-10-21(36-2)13-22(11-20)37-3;1-31-18-19(16-29-31)27-17-28-25-5-4-20(14-26(25)30-27)33(11-10-32-8-6-22(34)7-9-32)21-12-23(35-2)15-24(13-21)36-3;1-25-23(32)15-8-17(24)10-19(9-15)30(6-3-7-31)18-4-5-20-21(11-18)28-22(13-26-20)16-12-27-29(2)14-16/h4-16H,17H2,1-3H3,(H,28,32,35);4-5,12-18H,6-11H2,1-3H3;4-5,8-14,31H,3,6-7H2,1-2H3,(H,25,32). The van der Waals surface area contributed by atoms with Crippen LogP contribution < -0.4 is 44.3 Å². The molecule has 1 aliphatic rings. The lowest BCUT2D eigenvalue weighted by atomic mass is 10.1. The lowest BCUT2D eigenvalue weighted by Gasteiger charge is -2.31. The Bertz CT molecular complexity index is 5170. The summed E-state index contributed by atoms with van der Waals surface area (Å²) in [7, 11) is 13.5. The van der Waals surface area contributed by atoms with Gasteiger partial charge in [-0.05, 0) is 91.3 Å².